The van der Waals surface area contributed by atoms with Gasteiger partial charge in [0.05, 0.1) is 23.3 Å². The number of para-hydroxylation sites is 1. The first kappa shape index (κ1) is 18.5. The van der Waals surface area contributed by atoms with Gasteiger partial charge in [0.2, 0.25) is 5.91 Å². The van der Waals surface area contributed by atoms with Gasteiger partial charge in [-0.25, -0.2) is 4.98 Å². The fourth-order valence-corrected chi connectivity index (χ4v) is 3.43. The summed E-state index contributed by atoms with van der Waals surface area (Å²) >= 11 is 4.97. The average Bonchev–Trinajstić information content (AvgIpc) is 3.15. The third kappa shape index (κ3) is 5.37. The van der Waals surface area contributed by atoms with Gasteiger partial charge in [-0.15, -0.1) is 11.3 Å². The highest BCUT2D eigenvalue weighted by atomic mass is 79.9. The van der Waals surface area contributed by atoms with Gasteiger partial charge >= 0.3 is 0 Å². The maximum Gasteiger partial charge on any atom is 0.220 e. The first-order chi connectivity index (χ1) is 12.7. The topological polar surface area (TPSA) is 64.1 Å². The second kappa shape index (κ2) is 9.45. The molecule has 1 amide bonds. The molecule has 7 heteroatoms. The van der Waals surface area contributed by atoms with Crippen LogP contribution in [0, 0.1) is 0 Å². The molecule has 134 valence electrons. The number of benzene rings is 1. The van der Waals surface area contributed by atoms with Crippen molar-refractivity contribution in [3.05, 3.63) is 63.7 Å². The van der Waals surface area contributed by atoms with E-state index in [1.165, 1.54) is 11.3 Å². The van der Waals surface area contributed by atoms with Crippen molar-refractivity contribution in [3.8, 4) is 17.0 Å². The molecule has 2 aromatic heterocycles. The number of nitrogens with zero attached hydrogens (tertiary/aromatic N) is 2. The molecule has 2 heterocycles. The molecule has 26 heavy (non-hydrogen) atoms. The number of carbonyl (C=O) groups excluding carboxylic acids is 1. The van der Waals surface area contributed by atoms with E-state index in [4.69, 9.17) is 4.74 Å². The summed E-state index contributed by atoms with van der Waals surface area (Å²) in [7, 11) is 0. The molecule has 0 atom stereocenters. The lowest BCUT2D eigenvalue weighted by Gasteiger charge is -2.07. The van der Waals surface area contributed by atoms with E-state index in [0.29, 0.717) is 26.0 Å². The van der Waals surface area contributed by atoms with Gasteiger partial charge in [0.1, 0.15) is 10.8 Å². The second-order valence-corrected chi connectivity index (χ2v) is 7.32. The van der Waals surface area contributed by atoms with Gasteiger partial charge in [-0.1, -0.05) is 12.1 Å². The first-order valence-electron chi connectivity index (χ1n) is 8.21. The van der Waals surface area contributed by atoms with Crippen LogP contribution in [0.25, 0.3) is 11.3 Å². The van der Waals surface area contributed by atoms with E-state index in [1.54, 1.807) is 12.4 Å². The molecule has 0 unspecified atom stereocenters. The smallest absolute Gasteiger partial charge is 0.220 e. The molecule has 5 nitrogen and oxygen atoms in total. The molecular weight excluding hydrogens is 414 g/mol. The van der Waals surface area contributed by atoms with Gasteiger partial charge in [0.15, 0.2) is 0 Å². The Balaban J connectivity index is 1.38. The highest BCUT2D eigenvalue weighted by Gasteiger charge is 2.07. The summed E-state index contributed by atoms with van der Waals surface area (Å²) in [6.45, 7) is 0.944. The maximum absolute atomic E-state index is 12.0. The van der Waals surface area contributed by atoms with Gasteiger partial charge in [-0.3, -0.25) is 9.78 Å². The summed E-state index contributed by atoms with van der Waals surface area (Å²) in [6, 6.07) is 11.5. The number of amides is 1. The molecule has 0 bridgehead atoms. The quantitative estimate of drug-likeness (QED) is 0.535. The summed E-state index contributed by atoms with van der Waals surface area (Å²) in [4.78, 5) is 20.5. The van der Waals surface area contributed by atoms with Crippen molar-refractivity contribution in [2.75, 3.05) is 6.61 Å². The zero-order valence-corrected chi connectivity index (χ0v) is 16.4. The minimum absolute atomic E-state index is 0.00129. The molecule has 0 spiro atoms. The molecule has 0 aliphatic carbocycles. The molecule has 1 N–H and O–H groups in total. The number of nitrogens with one attached hydrogen (secondary N) is 1. The van der Waals surface area contributed by atoms with E-state index >= 15 is 0 Å². The summed E-state index contributed by atoms with van der Waals surface area (Å²) in [5.74, 6) is 0.792. The van der Waals surface area contributed by atoms with Crippen LogP contribution in [0.1, 0.15) is 17.8 Å². The molecule has 0 saturated carbocycles. The van der Waals surface area contributed by atoms with Crippen molar-refractivity contribution in [1.82, 2.24) is 15.3 Å². The average molecular weight is 432 g/mol. The van der Waals surface area contributed by atoms with E-state index in [0.717, 1.165) is 26.5 Å². The normalized spacial score (nSPS) is 10.5. The number of halogens is 1. The molecule has 0 aliphatic rings. The Morgan fingerprint density at radius 2 is 2.00 bits per heavy atom. The molecule has 3 rings (SSSR count). The predicted molar refractivity (Wildman–Crippen MR) is 106 cm³/mol. The van der Waals surface area contributed by atoms with Crippen molar-refractivity contribution in [3.63, 3.8) is 0 Å². The Kier molecular flexibility index (Phi) is 6.74. The van der Waals surface area contributed by atoms with Crippen LogP contribution >= 0.6 is 27.3 Å². The van der Waals surface area contributed by atoms with Gasteiger partial charge in [0, 0.05) is 29.8 Å². The van der Waals surface area contributed by atoms with Crippen LogP contribution in [-0.2, 0) is 11.3 Å². The van der Waals surface area contributed by atoms with Crippen molar-refractivity contribution >= 4 is 33.2 Å². The standard InChI is InChI=1S/C19H18BrN3O2S/c20-15-4-1-2-5-17(15)25-11-3-6-18(24)22-12-19-23-16(13-26-19)14-7-9-21-10-8-14/h1-2,4-5,7-10,13H,3,6,11-12H2,(H,22,24). The zero-order chi connectivity index (χ0) is 18.2. The van der Waals surface area contributed by atoms with Crippen molar-refractivity contribution in [1.29, 1.82) is 0 Å². The molecule has 0 aliphatic heterocycles. The molecule has 1 aromatic carbocycles. The number of pyridine rings is 1. The van der Waals surface area contributed by atoms with E-state index < -0.39 is 0 Å². The molecule has 0 saturated heterocycles. The summed E-state index contributed by atoms with van der Waals surface area (Å²) < 4.78 is 6.58. The van der Waals surface area contributed by atoms with Crippen LogP contribution in [-0.4, -0.2) is 22.5 Å². The summed E-state index contributed by atoms with van der Waals surface area (Å²) in [6.07, 6.45) is 4.57. The van der Waals surface area contributed by atoms with Crippen LogP contribution in [0.3, 0.4) is 0 Å². The van der Waals surface area contributed by atoms with Gasteiger partial charge in [-0.05, 0) is 46.6 Å². The summed E-state index contributed by atoms with van der Waals surface area (Å²) in [5.41, 5.74) is 1.93. The number of rotatable bonds is 8. The van der Waals surface area contributed by atoms with Crippen molar-refractivity contribution in [2.45, 2.75) is 19.4 Å². The SMILES string of the molecule is O=C(CCCOc1ccccc1Br)NCc1nc(-c2ccncc2)cs1. The Labute approximate surface area is 164 Å². The predicted octanol–water partition coefficient (Wildman–Crippen LogP) is 4.44. The fraction of sp³-hybridized carbons (Fsp3) is 0.211. The largest absolute Gasteiger partial charge is 0.492 e. The van der Waals surface area contributed by atoms with Crippen LogP contribution in [0.4, 0.5) is 0 Å². The Bertz CT molecular complexity index is 855. The molecule has 0 fully saturated rings. The third-order valence-electron chi connectivity index (χ3n) is 3.61. The van der Waals surface area contributed by atoms with Gasteiger partial charge < -0.3 is 10.1 Å². The number of ether oxygens (including phenoxy) is 1. The molecular formula is C19H18BrN3O2S. The van der Waals surface area contributed by atoms with Gasteiger partial charge in [-0.2, -0.15) is 0 Å². The van der Waals surface area contributed by atoms with Crippen LogP contribution < -0.4 is 10.1 Å². The highest BCUT2D eigenvalue weighted by molar-refractivity contribution is 9.10. The molecule has 3 aromatic rings. The minimum Gasteiger partial charge on any atom is -0.492 e. The lowest BCUT2D eigenvalue weighted by molar-refractivity contribution is -0.121. The van der Waals surface area contributed by atoms with Crippen molar-refractivity contribution < 1.29 is 9.53 Å². The number of hydrogen-bond acceptors (Lipinski definition) is 5. The Morgan fingerprint density at radius 3 is 2.81 bits per heavy atom. The second-order valence-electron chi connectivity index (χ2n) is 5.52. The number of thiazole rings is 1. The highest BCUT2D eigenvalue weighted by Crippen LogP contribution is 2.24. The lowest BCUT2D eigenvalue weighted by atomic mass is 10.2. The van der Waals surface area contributed by atoms with Crippen LogP contribution in [0.2, 0.25) is 0 Å². The van der Waals surface area contributed by atoms with E-state index in [1.807, 2.05) is 41.8 Å². The number of aromatic nitrogens is 2. The van der Waals surface area contributed by atoms with Crippen LogP contribution in [0.15, 0.2) is 58.6 Å². The monoisotopic (exact) mass is 431 g/mol. The molecule has 0 radical (unpaired) electrons. The Morgan fingerprint density at radius 1 is 1.19 bits per heavy atom. The minimum atomic E-state index is 0.00129. The Hall–Kier alpha value is -2.25. The van der Waals surface area contributed by atoms with Crippen LogP contribution in [0.5, 0.6) is 5.75 Å². The fourth-order valence-electron chi connectivity index (χ4n) is 2.29. The number of hydrogen-bond donors (Lipinski definition) is 1. The first-order valence-corrected chi connectivity index (χ1v) is 9.88. The zero-order valence-electron chi connectivity index (χ0n) is 14.0. The third-order valence-corrected chi connectivity index (χ3v) is 5.11. The van der Waals surface area contributed by atoms with E-state index in [2.05, 4.69) is 31.2 Å². The van der Waals surface area contributed by atoms with Crippen molar-refractivity contribution in [2.24, 2.45) is 0 Å². The van der Waals surface area contributed by atoms with E-state index in [9.17, 15) is 4.79 Å². The maximum atomic E-state index is 12.0. The summed E-state index contributed by atoms with van der Waals surface area (Å²) in [5, 5.41) is 5.78. The van der Waals surface area contributed by atoms with E-state index in [-0.39, 0.29) is 5.91 Å². The van der Waals surface area contributed by atoms with Gasteiger partial charge in [0.25, 0.3) is 0 Å². The lowest BCUT2D eigenvalue weighted by Crippen LogP contribution is -2.22. The number of carbonyl (C=O) groups is 1.